The number of carboxylic acids is 1. The highest BCUT2D eigenvalue weighted by molar-refractivity contribution is 5.99. The lowest BCUT2D eigenvalue weighted by molar-refractivity contribution is -0.131. The maximum absolute atomic E-state index is 11.0. The lowest BCUT2D eigenvalue weighted by Crippen LogP contribution is -2.12. The van der Waals surface area contributed by atoms with Gasteiger partial charge in [-0.1, -0.05) is 0 Å². The molecule has 0 radical (unpaired) electrons. The van der Waals surface area contributed by atoms with Gasteiger partial charge in [0.1, 0.15) is 0 Å². The summed E-state index contributed by atoms with van der Waals surface area (Å²) < 4.78 is 4.84. The average Bonchev–Trinajstić information content (AvgIpc) is 2.19. The summed E-state index contributed by atoms with van der Waals surface area (Å²) in [4.78, 5) is 32.8. The van der Waals surface area contributed by atoms with Gasteiger partial charge in [0, 0.05) is 25.6 Å². The van der Waals surface area contributed by atoms with Gasteiger partial charge in [0.15, 0.2) is 5.75 Å². The molecule has 0 aliphatic rings. The van der Waals surface area contributed by atoms with Crippen LogP contribution >= 0.6 is 0 Å². The van der Waals surface area contributed by atoms with E-state index >= 15 is 0 Å². The molecular formula is C11H12N2O5. The molecule has 96 valence electrons. The van der Waals surface area contributed by atoms with Crippen LogP contribution in [0.25, 0.3) is 0 Å². The Morgan fingerprint density at radius 1 is 1.28 bits per heavy atom. The summed E-state index contributed by atoms with van der Waals surface area (Å²) in [5.74, 6) is -2.28. The van der Waals surface area contributed by atoms with Crippen LogP contribution in [0.1, 0.15) is 24.2 Å². The van der Waals surface area contributed by atoms with Gasteiger partial charge in [0.25, 0.3) is 0 Å². The average molecular weight is 252 g/mol. The number of nitrogens with one attached hydrogen (secondary N) is 1. The zero-order chi connectivity index (χ0) is 13.9. The van der Waals surface area contributed by atoms with Crippen LogP contribution in [0.3, 0.4) is 0 Å². The number of hydrogen-bond acceptors (Lipinski definition) is 5. The first-order valence-electron chi connectivity index (χ1n) is 4.94. The molecule has 18 heavy (non-hydrogen) atoms. The van der Waals surface area contributed by atoms with Gasteiger partial charge in [0.2, 0.25) is 5.91 Å². The van der Waals surface area contributed by atoms with Crippen molar-refractivity contribution in [2.24, 2.45) is 0 Å². The van der Waals surface area contributed by atoms with Gasteiger partial charge >= 0.3 is 11.9 Å². The fraction of sp³-hybridized carbons (Fsp3) is 0.182. The minimum atomic E-state index is -1.24. The Hall–Kier alpha value is -2.57. The number of aromatic carboxylic acids is 1. The van der Waals surface area contributed by atoms with Crippen molar-refractivity contribution >= 4 is 29.2 Å². The number of carboxylic acid groups (broad SMARTS) is 1. The Morgan fingerprint density at radius 2 is 1.89 bits per heavy atom. The number of carbonyl (C=O) groups is 3. The van der Waals surface area contributed by atoms with E-state index in [-0.39, 0.29) is 22.7 Å². The van der Waals surface area contributed by atoms with Gasteiger partial charge < -0.3 is 20.9 Å². The molecule has 0 atom stereocenters. The predicted molar refractivity (Wildman–Crippen MR) is 63.4 cm³/mol. The first-order chi connectivity index (χ1) is 8.31. The number of esters is 1. The largest absolute Gasteiger partial charge is 0.478 e. The Kier molecular flexibility index (Phi) is 3.88. The quantitative estimate of drug-likeness (QED) is 0.417. The second-order valence-electron chi connectivity index (χ2n) is 3.52. The van der Waals surface area contributed by atoms with Crippen molar-refractivity contribution in [1.82, 2.24) is 0 Å². The van der Waals surface area contributed by atoms with Crippen LogP contribution in [0.4, 0.5) is 11.4 Å². The van der Waals surface area contributed by atoms with Gasteiger partial charge in [-0.2, -0.15) is 0 Å². The van der Waals surface area contributed by atoms with E-state index in [1.807, 2.05) is 0 Å². The number of hydrogen-bond donors (Lipinski definition) is 3. The summed E-state index contributed by atoms with van der Waals surface area (Å²) in [6.07, 6.45) is 0. The van der Waals surface area contributed by atoms with Crippen LogP contribution in [0, 0.1) is 0 Å². The molecule has 0 saturated heterocycles. The third-order valence-corrected chi connectivity index (χ3v) is 1.95. The normalized spacial score (nSPS) is 9.67. The molecule has 1 amide bonds. The second-order valence-corrected chi connectivity index (χ2v) is 3.52. The van der Waals surface area contributed by atoms with E-state index in [2.05, 4.69) is 5.32 Å². The van der Waals surface area contributed by atoms with Crippen LogP contribution < -0.4 is 15.8 Å². The SMILES string of the molecule is CC(=O)Nc1cc(C(=O)O)c(N)cc1OC(C)=O. The van der Waals surface area contributed by atoms with E-state index in [0.29, 0.717) is 0 Å². The summed E-state index contributed by atoms with van der Waals surface area (Å²) in [6, 6.07) is 2.31. The van der Waals surface area contributed by atoms with Crippen molar-refractivity contribution in [1.29, 1.82) is 0 Å². The highest BCUT2D eigenvalue weighted by Gasteiger charge is 2.16. The molecule has 0 aliphatic heterocycles. The molecule has 1 rings (SSSR count). The van der Waals surface area contributed by atoms with Crippen LogP contribution in [0.2, 0.25) is 0 Å². The number of nitrogen functional groups attached to an aromatic ring is 1. The van der Waals surface area contributed by atoms with Gasteiger partial charge in [-0.25, -0.2) is 4.79 Å². The Bertz CT molecular complexity index is 524. The number of ether oxygens (including phenoxy) is 1. The number of anilines is 2. The van der Waals surface area contributed by atoms with Crippen LogP contribution in [-0.4, -0.2) is 23.0 Å². The van der Waals surface area contributed by atoms with Crippen LogP contribution in [-0.2, 0) is 9.59 Å². The number of nitrogens with two attached hydrogens (primary N) is 1. The van der Waals surface area contributed by atoms with E-state index in [4.69, 9.17) is 15.6 Å². The fourth-order valence-corrected chi connectivity index (χ4v) is 1.31. The zero-order valence-electron chi connectivity index (χ0n) is 9.81. The summed E-state index contributed by atoms with van der Waals surface area (Å²) in [7, 11) is 0. The van der Waals surface area contributed by atoms with E-state index in [9.17, 15) is 14.4 Å². The maximum atomic E-state index is 11.0. The standard InChI is InChI=1S/C11H12N2O5/c1-5(14)13-9-3-7(11(16)17)8(12)4-10(9)18-6(2)15/h3-4H,12H2,1-2H3,(H,13,14)(H,16,17). The Morgan fingerprint density at radius 3 is 2.33 bits per heavy atom. The number of amides is 1. The van der Waals surface area contributed by atoms with Crippen LogP contribution in [0.5, 0.6) is 5.75 Å². The maximum Gasteiger partial charge on any atom is 0.337 e. The molecule has 7 nitrogen and oxygen atoms in total. The zero-order valence-corrected chi connectivity index (χ0v) is 9.81. The molecule has 0 heterocycles. The smallest absolute Gasteiger partial charge is 0.337 e. The molecule has 0 aromatic heterocycles. The number of carbonyl (C=O) groups excluding carboxylic acids is 2. The lowest BCUT2D eigenvalue weighted by atomic mass is 10.1. The molecular weight excluding hydrogens is 240 g/mol. The first kappa shape index (κ1) is 13.5. The molecule has 0 saturated carbocycles. The molecule has 0 aliphatic carbocycles. The third kappa shape index (κ3) is 3.21. The van der Waals surface area contributed by atoms with Crippen molar-refractivity contribution in [3.8, 4) is 5.75 Å². The Balaban J connectivity index is 3.31. The topological polar surface area (TPSA) is 119 Å². The van der Waals surface area contributed by atoms with Crippen LogP contribution in [0.15, 0.2) is 12.1 Å². The van der Waals surface area contributed by atoms with E-state index < -0.39 is 17.8 Å². The molecule has 0 spiro atoms. The molecule has 4 N–H and O–H groups in total. The van der Waals surface area contributed by atoms with Crippen molar-refractivity contribution in [2.75, 3.05) is 11.1 Å². The van der Waals surface area contributed by atoms with Crippen molar-refractivity contribution in [3.63, 3.8) is 0 Å². The molecule has 1 aromatic carbocycles. The van der Waals surface area contributed by atoms with Gasteiger partial charge in [-0.05, 0) is 6.07 Å². The second kappa shape index (κ2) is 5.17. The minimum absolute atomic E-state index is 0.000185. The van der Waals surface area contributed by atoms with E-state index in [0.717, 1.165) is 6.07 Å². The monoisotopic (exact) mass is 252 g/mol. The fourth-order valence-electron chi connectivity index (χ4n) is 1.31. The molecule has 0 unspecified atom stereocenters. The van der Waals surface area contributed by atoms with Crippen molar-refractivity contribution < 1.29 is 24.2 Å². The molecule has 0 bridgehead atoms. The van der Waals surface area contributed by atoms with Gasteiger partial charge in [-0.3, -0.25) is 9.59 Å². The summed E-state index contributed by atoms with van der Waals surface area (Å²) in [6.45, 7) is 2.42. The predicted octanol–water partition coefficient (Wildman–Crippen LogP) is 0.851. The van der Waals surface area contributed by atoms with Gasteiger partial charge in [-0.15, -0.1) is 0 Å². The highest BCUT2D eigenvalue weighted by Crippen LogP contribution is 2.30. The van der Waals surface area contributed by atoms with Crippen molar-refractivity contribution in [2.45, 2.75) is 13.8 Å². The number of rotatable bonds is 3. The van der Waals surface area contributed by atoms with Crippen molar-refractivity contribution in [3.05, 3.63) is 17.7 Å². The summed E-state index contributed by atoms with van der Waals surface area (Å²) in [5, 5.41) is 11.3. The number of benzene rings is 1. The highest BCUT2D eigenvalue weighted by atomic mass is 16.5. The summed E-state index contributed by atoms with van der Waals surface area (Å²) >= 11 is 0. The third-order valence-electron chi connectivity index (χ3n) is 1.95. The first-order valence-corrected chi connectivity index (χ1v) is 4.94. The molecule has 1 aromatic rings. The van der Waals surface area contributed by atoms with E-state index in [1.165, 1.54) is 19.9 Å². The summed E-state index contributed by atoms with van der Waals surface area (Å²) in [5.41, 5.74) is 5.34. The van der Waals surface area contributed by atoms with Gasteiger partial charge in [0.05, 0.1) is 11.3 Å². The molecule has 0 fully saturated rings. The molecule has 7 heteroatoms. The minimum Gasteiger partial charge on any atom is -0.478 e. The van der Waals surface area contributed by atoms with E-state index in [1.54, 1.807) is 0 Å². The lowest BCUT2D eigenvalue weighted by Gasteiger charge is -2.12. The Labute approximate surface area is 103 Å².